The molecule has 1 amide bonds. The quantitative estimate of drug-likeness (QED) is 0.614. The van der Waals surface area contributed by atoms with Gasteiger partial charge in [-0.05, 0) is 24.2 Å². The molecule has 0 aliphatic carbocycles. The van der Waals surface area contributed by atoms with Crippen LogP contribution in [-0.4, -0.2) is 55.0 Å². The first kappa shape index (κ1) is 17.7. The highest BCUT2D eigenvalue weighted by atomic mass is 32.2. The molecule has 126 valence electrons. The number of hydrogen-bond acceptors (Lipinski definition) is 3. The lowest BCUT2D eigenvalue weighted by Crippen LogP contribution is -2.44. The lowest BCUT2D eigenvalue weighted by Gasteiger charge is -2.16. The van der Waals surface area contributed by atoms with E-state index in [-0.39, 0.29) is 12.5 Å². The zero-order valence-corrected chi connectivity index (χ0v) is 14.7. The number of benzene rings is 1. The maximum Gasteiger partial charge on any atom is 0.241 e. The van der Waals surface area contributed by atoms with Gasteiger partial charge in [-0.1, -0.05) is 30.3 Å². The number of hydrogen-bond donors (Lipinski definition) is 2. The molecule has 1 heterocycles. The number of carbonyl (C=O) groups is 1. The summed E-state index contributed by atoms with van der Waals surface area (Å²) < 4.78 is 0. The Balaban J connectivity index is 1.90. The fourth-order valence-electron chi connectivity index (χ4n) is 2.26. The standard InChI is InChI=1S/C17H26N4OS/c1-21(2)16(22)13-20-17(19-12-15-9-6-10-23-15)18-11-14-7-4-3-5-8-14/h3-5,7-8,15H,6,9-13H2,1-2H3,(H2,18,19,20). The summed E-state index contributed by atoms with van der Waals surface area (Å²) in [7, 11) is 3.51. The molecule has 1 aromatic carbocycles. The van der Waals surface area contributed by atoms with Gasteiger partial charge in [0.05, 0.1) is 13.1 Å². The number of guanidine groups is 1. The van der Waals surface area contributed by atoms with Gasteiger partial charge in [-0.15, -0.1) is 0 Å². The highest BCUT2D eigenvalue weighted by Crippen LogP contribution is 2.25. The molecular weight excluding hydrogens is 308 g/mol. The van der Waals surface area contributed by atoms with E-state index in [1.54, 1.807) is 19.0 Å². The highest BCUT2D eigenvalue weighted by molar-refractivity contribution is 8.00. The third kappa shape index (κ3) is 6.52. The molecule has 1 atom stereocenters. The Kier molecular flexibility index (Phi) is 7.26. The number of nitrogens with zero attached hydrogens (tertiary/aromatic N) is 2. The molecular formula is C17H26N4OS. The normalized spacial score (nSPS) is 17.8. The van der Waals surface area contributed by atoms with Crippen molar-refractivity contribution in [3.63, 3.8) is 0 Å². The van der Waals surface area contributed by atoms with Crippen molar-refractivity contribution in [2.45, 2.75) is 24.6 Å². The molecule has 23 heavy (non-hydrogen) atoms. The average Bonchev–Trinajstić information content (AvgIpc) is 3.08. The number of likely N-dealkylation sites (N-methyl/N-ethyl adjacent to an activating group) is 1. The molecule has 0 bridgehead atoms. The molecule has 1 aliphatic rings. The minimum Gasteiger partial charge on any atom is -0.355 e. The van der Waals surface area contributed by atoms with Crippen molar-refractivity contribution in [1.82, 2.24) is 15.5 Å². The van der Waals surface area contributed by atoms with Gasteiger partial charge in [-0.3, -0.25) is 4.79 Å². The predicted molar refractivity (Wildman–Crippen MR) is 97.8 cm³/mol. The van der Waals surface area contributed by atoms with Crippen molar-refractivity contribution < 1.29 is 4.79 Å². The molecule has 2 rings (SSSR count). The molecule has 0 saturated carbocycles. The van der Waals surface area contributed by atoms with Gasteiger partial charge in [0.15, 0.2) is 5.96 Å². The van der Waals surface area contributed by atoms with Crippen molar-refractivity contribution in [3.05, 3.63) is 35.9 Å². The zero-order chi connectivity index (χ0) is 16.5. The second-order valence-corrected chi connectivity index (χ2v) is 7.22. The summed E-state index contributed by atoms with van der Waals surface area (Å²) in [5.74, 6) is 1.99. The number of nitrogens with one attached hydrogen (secondary N) is 2. The number of carbonyl (C=O) groups excluding carboxylic acids is 1. The van der Waals surface area contributed by atoms with Crippen molar-refractivity contribution in [2.24, 2.45) is 4.99 Å². The molecule has 0 spiro atoms. The van der Waals surface area contributed by atoms with Crippen LogP contribution in [-0.2, 0) is 11.3 Å². The predicted octanol–water partition coefficient (Wildman–Crippen LogP) is 1.71. The highest BCUT2D eigenvalue weighted by Gasteiger charge is 2.16. The minimum atomic E-state index is 0.0365. The molecule has 1 fully saturated rings. The van der Waals surface area contributed by atoms with Crippen LogP contribution in [0.25, 0.3) is 0 Å². The summed E-state index contributed by atoms with van der Waals surface area (Å²) >= 11 is 2.01. The first-order valence-corrected chi connectivity index (χ1v) is 9.08. The number of thioether (sulfide) groups is 1. The summed E-state index contributed by atoms with van der Waals surface area (Å²) in [4.78, 5) is 17.9. The zero-order valence-electron chi connectivity index (χ0n) is 13.9. The van der Waals surface area contributed by atoms with Crippen LogP contribution >= 0.6 is 11.8 Å². The summed E-state index contributed by atoms with van der Waals surface area (Å²) in [6.45, 7) is 1.75. The Bertz CT molecular complexity index is 513. The van der Waals surface area contributed by atoms with Gasteiger partial charge < -0.3 is 15.5 Å². The molecule has 1 aliphatic heterocycles. The Hall–Kier alpha value is -1.69. The van der Waals surface area contributed by atoms with E-state index in [1.165, 1.54) is 18.6 Å². The lowest BCUT2D eigenvalue weighted by molar-refractivity contribution is -0.127. The van der Waals surface area contributed by atoms with Crippen molar-refractivity contribution >= 4 is 23.6 Å². The second kappa shape index (κ2) is 9.45. The van der Waals surface area contributed by atoms with Crippen LogP contribution in [0.5, 0.6) is 0 Å². The Morgan fingerprint density at radius 1 is 1.30 bits per heavy atom. The second-order valence-electron chi connectivity index (χ2n) is 5.81. The summed E-state index contributed by atoms with van der Waals surface area (Å²) in [5.41, 5.74) is 1.16. The van der Waals surface area contributed by atoms with Crippen LogP contribution in [0.4, 0.5) is 0 Å². The van der Waals surface area contributed by atoms with Crippen molar-refractivity contribution in [2.75, 3.05) is 32.9 Å². The van der Waals surface area contributed by atoms with Crippen LogP contribution in [0.1, 0.15) is 18.4 Å². The monoisotopic (exact) mass is 334 g/mol. The van der Waals surface area contributed by atoms with Gasteiger partial charge in [0.2, 0.25) is 5.91 Å². The molecule has 1 unspecified atom stereocenters. The van der Waals surface area contributed by atoms with E-state index >= 15 is 0 Å². The molecule has 0 radical (unpaired) electrons. The lowest BCUT2D eigenvalue weighted by atomic mass is 10.2. The molecule has 0 aromatic heterocycles. The topological polar surface area (TPSA) is 56.7 Å². The largest absolute Gasteiger partial charge is 0.355 e. The van der Waals surface area contributed by atoms with Gasteiger partial charge in [-0.25, -0.2) is 4.99 Å². The van der Waals surface area contributed by atoms with Gasteiger partial charge in [0, 0.05) is 25.9 Å². The van der Waals surface area contributed by atoms with Crippen LogP contribution in [0.3, 0.4) is 0 Å². The molecule has 1 aromatic rings. The maximum atomic E-state index is 11.8. The first-order valence-electron chi connectivity index (χ1n) is 8.03. The van der Waals surface area contributed by atoms with Crippen LogP contribution < -0.4 is 10.6 Å². The molecule has 6 heteroatoms. The Morgan fingerprint density at radius 2 is 2.09 bits per heavy atom. The third-order valence-electron chi connectivity index (χ3n) is 3.69. The van der Waals surface area contributed by atoms with E-state index < -0.39 is 0 Å². The molecule has 1 saturated heterocycles. The summed E-state index contributed by atoms with van der Waals surface area (Å²) in [6, 6.07) is 10.1. The smallest absolute Gasteiger partial charge is 0.241 e. The van der Waals surface area contributed by atoms with E-state index in [1.807, 2.05) is 30.0 Å². The van der Waals surface area contributed by atoms with Crippen LogP contribution in [0.15, 0.2) is 35.3 Å². The van der Waals surface area contributed by atoms with Gasteiger partial charge in [0.25, 0.3) is 0 Å². The van der Waals surface area contributed by atoms with E-state index in [0.29, 0.717) is 17.8 Å². The fraction of sp³-hybridized carbons (Fsp3) is 0.529. The van der Waals surface area contributed by atoms with E-state index in [0.717, 1.165) is 12.1 Å². The SMILES string of the molecule is CN(C)C(=O)CNC(=NCc1ccccc1)NCC1CCCS1. The van der Waals surface area contributed by atoms with Crippen molar-refractivity contribution in [3.8, 4) is 0 Å². The molecule has 5 nitrogen and oxygen atoms in total. The fourth-order valence-corrected chi connectivity index (χ4v) is 3.46. The molecule has 2 N–H and O–H groups in total. The van der Waals surface area contributed by atoms with Gasteiger partial charge in [0.1, 0.15) is 0 Å². The maximum absolute atomic E-state index is 11.8. The van der Waals surface area contributed by atoms with Gasteiger partial charge >= 0.3 is 0 Å². The van der Waals surface area contributed by atoms with Gasteiger partial charge in [-0.2, -0.15) is 11.8 Å². The van der Waals surface area contributed by atoms with E-state index in [2.05, 4.69) is 27.8 Å². The minimum absolute atomic E-state index is 0.0365. The third-order valence-corrected chi connectivity index (χ3v) is 5.09. The summed E-state index contributed by atoms with van der Waals surface area (Å²) in [6.07, 6.45) is 2.54. The van der Waals surface area contributed by atoms with E-state index in [4.69, 9.17) is 0 Å². The van der Waals surface area contributed by atoms with E-state index in [9.17, 15) is 4.79 Å². The summed E-state index contributed by atoms with van der Waals surface area (Å²) in [5, 5.41) is 7.15. The van der Waals surface area contributed by atoms with Crippen LogP contribution in [0, 0.1) is 0 Å². The number of aliphatic imine (C=N–C) groups is 1. The number of amides is 1. The Labute approximate surface area is 142 Å². The van der Waals surface area contributed by atoms with Crippen molar-refractivity contribution in [1.29, 1.82) is 0 Å². The Morgan fingerprint density at radius 3 is 2.74 bits per heavy atom. The average molecular weight is 334 g/mol. The van der Waals surface area contributed by atoms with Crippen LogP contribution in [0.2, 0.25) is 0 Å². The first-order chi connectivity index (χ1) is 11.1. The number of rotatable bonds is 6.